The second-order valence-corrected chi connectivity index (χ2v) is 4.41. The van der Waals surface area contributed by atoms with Crippen LogP contribution in [0.2, 0.25) is 0 Å². The number of rotatable bonds is 1. The molecule has 3 heterocycles. The smallest absolute Gasteiger partial charge is 0.144 e. The van der Waals surface area contributed by atoms with Crippen molar-refractivity contribution in [2.45, 2.75) is 26.3 Å². The third-order valence-corrected chi connectivity index (χ3v) is 3.23. The molecule has 1 aliphatic heterocycles. The summed E-state index contributed by atoms with van der Waals surface area (Å²) >= 11 is 0. The molecule has 0 atom stereocenters. The van der Waals surface area contributed by atoms with Crippen molar-refractivity contribution >= 4 is 13.3 Å². The van der Waals surface area contributed by atoms with Gasteiger partial charge in [0.2, 0.25) is 0 Å². The quantitative estimate of drug-likeness (QED) is 0.641. The second-order valence-electron chi connectivity index (χ2n) is 4.41. The average Bonchev–Trinajstić information content (AvgIpc) is 2.82. The Balaban J connectivity index is 2.14. The van der Waals surface area contributed by atoms with Crippen molar-refractivity contribution in [3.8, 4) is 11.4 Å². The lowest BCUT2D eigenvalue weighted by Crippen LogP contribution is -2.09. The minimum absolute atomic E-state index is 0.999. The molecule has 4 heteroatoms. The standard InChI is InChI=1S/C12H14BN3/c1-8-4-2-5-9(14-8)12-11(13)10-6-3-7-16(10)15-12/h2,4-5H,3,6-7,13H2,1H3. The fourth-order valence-corrected chi connectivity index (χ4v) is 2.40. The van der Waals surface area contributed by atoms with Crippen molar-refractivity contribution in [3.63, 3.8) is 0 Å². The molecule has 0 spiro atoms. The number of pyridine rings is 1. The molecule has 0 N–H and O–H groups in total. The molecule has 0 radical (unpaired) electrons. The van der Waals surface area contributed by atoms with Crippen molar-refractivity contribution in [1.29, 1.82) is 0 Å². The lowest BCUT2D eigenvalue weighted by Gasteiger charge is -2.00. The molecule has 1 aliphatic rings. The number of fused-ring (bicyclic) bond motifs is 1. The minimum atomic E-state index is 0.999. The molecule has 0 saturated carbocycles. The summed E-state index contributed by atoms with van der Waals surface area (Å²) in [7, 11) is 2.16. The Morgan fingerprint density at radius 2 is 2.25 bits per heavy atom. The van der Waals surface area contributed by atoms with Crippen LogP contribution in [-0.2, 0) is 13.0 Å². The number of hydrogen-bond donors (Lipinski definition) is 0. The van der Waals surface area contributed by atoms with E-state index in [4.69, 9.17) is 0 Å². The number of aromatic nitrogens is 3. The van der Waals surface area contributed by atoms with Gasteiger partial charge in [0, 0.05) is 17.9 Å². The zero-order valence-electron chi connectivity index (χ0n) is 9.70. The van der Waals surface area contributed by atoms with Gasteiger partial charge in [-0.1, -0.05) is 6.07 Å². The highest BCUT2D eigenvalue weighted by molar-refractivity contribution is 6.36. The molecule has 0 bridgehead atoms. The first-order chi connectivity index (χ1) is 7.75. The molecule has 3 rings (SSSR count). The highest BCUT2D eigenvalue weighted by atomic mass is 15.3. The van der Waals surface area contributed by atoms with Crippen LogP contribution < -0.4 is 5.46 Å². The van der Waals surface area contributed by atoms with Gasteiger partial charge in [0.25, 0.3) is 0 Å². The van der Waals surface area contributed by atoms with E-state index >= 15 is 0 Å². The lowest BCUT2D eigenvalue weighted by atomic mass is 9.91. The zero-order valence-corrected chi connectivity index (χ0v) is 9.70. The first kappa shape index (κ1) is 9.64. The molecule has 0 unspecified atom stereocenters. The first-order valence-corrected chi connectivity index (χ1v) is 5.76. The highest BCUT2D eigenvalue weighted by Crippen LogP contribution is 2.19. The summed E-state index contributed by atoms with van der Waals surface area (Å²) in [5.74, 6) is 0. The van der Waals surface area contributed by atoms with E-state index in [2.05, 4.69) is 22.6 Å². The van der Waals surface area contributed by atoms with Crippen LogP contribution in [0.15, 0.2) is 18.2 Å². The summed E-state index contributed by atoms with van der Waals surface area (Å²) in [6.45, 7) is 3.07. The molecule has 80 valence electrons. The van der Waals surface area contributed by atoms with E-state index < -0.39 is 0 Å². The van der Waals surface area contributed by atoms with E-state index in [9.17, 15) is 0 Å². The van der Waals surface area contributed by atoms with Crippen LogP contribution >= 0.6 is 0 Å². The molecule has 0 amide bonds. The van der Waals surface area contributed by atoms with Gasteiger partial charge < -0.3 is 0 Å². The molecule has 0 aliphatic carbocycles. The normalized spacial score (nSPS) is 14.1. The summed E-state index contributed by atoms with van der Waals surface area (Å²) in [4.78, 5) is 4.54. The van der Waals surface area contributed by atoms with Gasteiger partial charge in [0.1, 0.15) is 13.5 Å². The van der Waals surface area contributed by atoms with Crippen molar-refractivity contribution in [3.05, 3.63) is 29.6 Å². The Morgan fingerprint density at radius 3 is 3.00 bits per heavy atom. The molecular weight excluding hydrogens is 197 g/mol. The van der Waals surface area contributed by atoms with E-state index in [-0.39, 0.29) is 0 Å². The Morgan fingerprint density at radius 1 is 1.38 bits per heavy atom. The van der Waals surface area contributed by atoms with Gasteiger partial charge in [0.05, 0.1) is 5.69 Å². The zero-order chi connectivity index (χ0) is 11.1. The molecule has 2 aromatic rings. The van der Waals surface area contributed by atoms with Crippen molar-refractivity contribution in [2.24, 2.45) is 0 Å². The molecule has 0 saturated heterocycles. The van der Waals surface area contributed by atoms with Gasteiger partial charge in [-0.2, -0.15) is 5.10 Å². The summed E-state index contributed by atoms with van der Waals surface area (Å²) in [6, 6.07) is 6.10. The summed E-state index contributed by atoms with van der Waals surface area (Å²) in [5.41, 5.74) is 5.79. The van der Waals surface area contributed by atoms with Gasteiger partial charge in [-0.25, -0.2) is 0 Å². The molecule has 16 heavy (non-hydrogen) atoms. The molecular formula is C12H14BN3. The van der Waals surface area contributed by atoms with Crippen LogP contribution in [0.3, 0.4) is 0 Å². The van der Waals surface area contributed by atoms with Crippen LogP contribution in [0.4, 0.5) is 0 Å². The monoisotopic (exact) mass is 211 g/mol. The van der Waals surface area contributed by atoms with Gasteiger partial charge in [-0.05, 0) is 37.4 Å². The van der Waals surface area contributed by atoms with E-state index in [1.165, 1.54) is 17.6 Å². The number of nitrogens with zero attached hydrogens (tertiary/aromatic N) is 3. The highest BCUT2D eigenvalue weighted by Gasteiger charge is 2.19. The SMILES string of the molecule is Bc1c(-c2cccc(C)n2)nn2c1CCC2. The van der Waals surface area contributed by atoms with Crippen LogP contribution in [0.1, 0.15) is 17.8 Å². The minimum Gasteiger partial charge on any atom is -0.270 e. The van der Waals surface area contributed by atoms with Crippen molar-refractivity contribution < 1.29 is 0 Å². The van der Waals surface area contributed by atoms with Crippen LogP contribution in [-0.4, -0.2) is 22.6 Å². The van der Waals surface area contributed by atoms with E-state index in [1.54, 1.807) is 0 Å². The van der Waals surface area contributed by atoms with E-state index in [1.807, 2.05) is 25.1 Å². The van der Waals surface area contributed by atoms with Crippen LogP contribution in [0.25, 0.3) is 11.4 Å². The molecule has 0 aromatic carbocycles. The third kappa shape index (κ3) is 1.37. The van der Waals surface area contributed by atoms with Gasteiger partial charge in [0.15, 0.2) is 0 Å². The fraction of sp³-hybridized carbons (Fsp3) is 0.333. The van der Waals surface area contributed by atoms with Crippen LogP contribution in [0, 0.1) is 6.92 Å². The van der Waals surface area contributed by atoms with Crippen LogP contribution in [0.5, 0.6) is 0 Å². The van der Waals surface area contributed by atoms with E-state index in [0.717, 1.165) is 30.0 Å². The lowest BCUT2D eigenvalue weighted by molar-refractivity contribution is 0.658. The van der Waals surface area contributed by atoms with Gasteiger partial charge in [-0.15, -0.1) is 0 Å². The Hall–Kier alpha value is -1.58. The maximum atomic E-state index is 4.66. The fourth-order valence-electron chi connectivity index (χ4n) is 2.40. The summed E-state index contributed by atoms with van der Waals surface area (Å²) in [6.07, 6.45) is 2.38. The average molecular weight is 211 g/mol. The molecule has 3 nitrogen and oxygen atoms in total. The predicted octanol–water partition coefficient (Wildman–Crippen LogP) is 0.458. The molecule has 2 aromatic heterocycles. The largest absolute Gasteiger partial charge is 0.270 e. The predicted molar refractivity (Wildman–Crippen MR) is 66.7 cm³/mol. The Kier molecular flexibility index (Phi) is 2.09. The van der Waals surface area contributed by atoms with Crippen molar-refractivity contribution in [1.82, 2.24) is 14.8 Å². The second kappa shape index (κ2) is 3.47. The summed E-state index contributed by atoms with van der Waals surface area (Å²) in [5, 5.41) is 4.66. The summed E-state index contributed by atoms with van der Waals surface area (Å²) < 4.78 is 2.13. The van der Waals surface area contributed by atoms with E-state index in [0.29, 0.717) is 0 Å². The Labute approximate surface area is 95.9 Å². The molecule has 0 fully saturated rings. The number of aryl methyl sites for hydroxylation is 2. The first-order valence-electron chi connectivity index (χ1n) is 5.76. The maximum Gasteiger partial charge on any atom is 0.144 e. The van der Waals surface area contributed by atoms with Gasteiger partial charge >= 0.3 is 0 Å². The maximum absolute atomic E-state index is 4.66. The van der Waals surface area contributed by atoms with Crippen molar-refractivity contribution in [2.75, 3.05) is 0 Å². The Bertz CT molecular complexity index is 545. The third-order valence-electron chi connectivity index (χ3n) is 3.23. The topological polar surface area (TPSA) is 30.7 Å². The van der Waals surface area contributed by atoms with Gasteiger partial charge in [-0.3, -0.25) is 9.67 Å². The number of hydrogen-bond acceptors (Lipinski definition) is 2.